The van der Waals surface area contributed by atoms with E-state index in [2.05, 4.69) is 9.88 Å². The maximum Gasteiger partial charge on any atom is 0.313 e. The highest BCUT2D eigenvalue weighted by Gasteiger charge is 2.16. The first kappa shape index (κ1) is 12.2. The number of nitrogens with zero attached hydrogens (tertiary/aromatic N) is 1. The highest BCUT2D eigenvalue weighted by molar-refractivity contribution is 7.92. The Kier molecular flexibility index (Phi) is 3.11. The van der Waals surface area contributed by atoms with E-state index in [4.69, 9.17) is 15.0 Å². The lowest BCUT2D eigenvalue weighted by atomic mass is 10.3. The maximum absolute atomic E-state index is 11.9. The first-order valence-corrected chi connectivity index (χ1v) is 6.38. The van der Waals surface area contributed by atoms with Crippen LogP contribution in [0, 0.1) is 0 Å². The van der Waals surface area contributed by atoms with Gasteiger partial charge in [0.15, 0.2) is 5.82 Å². The third-order valence-electron chi connectivity index (χ3n) is 2.12. The Morgan fingerprint density at radius 3 is 2.56 bits per heavy atom. The van der Waals surface area contributed by atoms with Crippen molar-refractivity contribution in [1.29, 1.82) is 0 Å². The van der Waals surface area contributed by atoms with Crippen molar-refractivity contribution in [3.8, 4) is 5.95 Å². The second-order valence-corrected chi connectivity index (χ2v) is 5.09. The van der Waals surface area contributed by atoms with Crippen molar-refractivity contribution in [3.05, 3.63) is 30.3 Å². The number of rotatable bonds is 4. The predicted molar refractivity (Wildman–Crippen MR) is 64.7 cm³/mol. The quantitative estimate of drug-likeness (QED) is 0.804. The van der Waals surface area contributed by atoms with E-state index in [0.717, 1.165) is 0 Å². The zero-order chi connectivity index (χ0) is 13.2. The molecule has 2 aromatic rings. The van der Waals surface area contributed by atoms with E-state index < -0.39 is 10.0 Å². The third kappa shape index (κ3) is 2.54. The molecule has 18 heavy (non-hydrogen) atoms. The molecule has 0 aliphatic rings. The fourth-order valence-electron chi connectivity index (χ4n) is 1.25. The van der Waals surface area contributed by atoms with Gasteiger partial charge in [-0.05, 0) is 24.3 Å². The van der Waals surface area contributed by atoms with Gasteiger partial charge >= 0.3 is 5.95 Å². The molecule has 0 spiro atoms. The fraction of sp³-hybridized carbons (Fsp3) is 0.100. The van der Waals surface area contributed by atoms with Crippen molar-refractivity contribution in [2.24, 2.45) is 0 Å². The fourth-order valence-corrected chi connectivity index (χ4v) is 2.23. The van der Waals surface area contributed by atoms with Gasteiger partial charge < -0.3 is 15.0 Å². The zero-order valence-corrected chi connectivity index (χ0v) is 10.3. The van der Waals surface area contributed by atoms with Gasteiger partial charge in [0, 0.05) is 5.69 Å². The maximum atomic E-state index is 11.9. The largest absolute Gasteiger partial charge is 0.467 e. The Morgan fingerprint density at radius 2 is 2.00 bits per heavy atom. The molecule has 0 radical (unpaired) electrons. The molecule has 0 saturated carbocycles. The van der Waals surface area contributed by atoms with E-state index in [1.165, 1.54) is 37.4 Å². The summed E-state index contributed by atoms with van der Waals surface area (Å²) in [4.78, 5) is 0.0821. The molecule has 1 aromatic heterocycles. The van der Waals surface area contributed by atoms with E-state index in [9.17, 15) is 8.42 Å². The van der Waals surface area contributed by atoms with Gasteiger partial charge in [0.2, 0.25) is 0 Å². The molecular formula is C10H11N3O4S. The number of nitrogens with two attached hydrogens (primary N) is 1. The van der Waals surface area contributed by atoms with Gasteiger partial charge in [0.05, 0.1) is 18.1 Å². The molecule has 3 N–H and O–H groups in total. The highest BCUT2D eigenvalue weighted by atomic mass is 32.2. The summed E-state index contributed by atoms with van der Waals surface area (Å²) in [7, 11) is -2.32. The number of hydrogen-bond acceptors (Lipinski definition) is 6. The third-order valence-corrected chi connectivity index (χ3v) is 3.49. The molecular weight excluding hydrogens is 258 g/mol. The molecule has 2 rings (SSSR count). The molecule has 0 amide bonds. The van der Waals surface area contributed by atoms with Crippen LogP contribution in [0.2, 0.25) is 0 Å². The molecule has 0 saturated heterocycles. The number of benzene rings is 1. The van der Waals surface area contributed by atoms with Crippen LogP contribution >= 0.6 is 0 Å². The van der Waals surface area contributed by atoms with E-state index >= 15 is 0 Å². The lowest BCUT2D eigenvalue weighted by Gasteiger charge is -2.04. The lowest BCUT2D eigenvalue weighted by Crippen LogP contribution is -2.13. The SMILES string of the molecule is COc1cc(NS(=O)(=O)c2ccc(N)cc2)no1. The van der Waals surface area contributed by atoms with Gasteiger partial charge in [-0.15, -0.1) is 0 Å². The van der Waals surface area contributed by atoms with Gasteiger partial charge in [-0.1, -0.05) is 5.16 Å². The minimum Gasteiger partial charge on any atom is -0.467 e. The van der Waals surface area contributed by atoms with Crippen LogP contribution in [0.15, 0.2) is 39.8 Å². The molecule has 8 heteroatoms. The standard InChI is InChI=1S/C10H11N3O4S/c1-16-10-6-9(12-17-10)13-18(14,15)8-4-2-7(11)3-5-8/h2-6H,11H2,1H3,(H,12,13). The summed E-state index contributed by atoms with van der Waals surface area (Å²) >= 11 is 0. The van der Waals surface area contributed by atoms with E-state index in [0.29, 0.717) is 5.69 Å². The number of sulfonamides is 1. The molecule has 0 aliphatic carbocycles. The number of aromatic nitrogens is 1. The summed E-state index contributed by atoms with van der Waals surface area (Å²) < 4.78 is 35.6. The van der Waals surface area contributed by atoms with E-state index in [1.54, 1.807) is 0 Å². The van der Waals surface area contributed by atoms with Crippen LogP contribution in [0.1, 0.15) is 0 Å². The van der Waals surface area contributed by atoms with Crippen LogP contribution in [0.25, 0.3) is 0 Å². The lowest BCUT2D eigenvalue weighted by molar-refractivity contribution is 0.261. The van der Waals surface area contributed by atoms with Crippen LogP contribution < -0.4 is 15.2 Å². The Bertz CT molecular complexity index is 633. The molecule has 96 valence electrons. The topological polar surface area (TPSA) is 107 Å². The number of nitrogen functional groups attached to an aromatic ring is 1. The Morgan fingerprint density at radius 1 is 1.33 bits per heavy atom. The zero-order valence-electron chi connectivity index (χ0n) is 9.45. The van der Waals surface area contributed by atoms with Crippen molar-refractivity contribution in [3.63, 3.8) is 0 Å². The predicted octanol–water partition coefficient (Wildman–Crippen LogP) is 1.07. The summed E-state index contributed by atoms with van der Waals surface area (Å²) in [5.74, 6) is 0.161. The molecule has 1 aromatic carbocycles. The van der Waals surface area contributed by atoms with Gasteiger partial charge in [-0.3, -0.25) is 4.72 Å². The van der Waals surface area contributed by atoms with Crippen molar-refractivity contribution < 1.29 is 17.7 Å². The first-order valence-electron chi connectivity index (χ1n) is 4.90. The number of hydrogen-bond donors (Lipinski definition) is 2. The van der Waals surface area contributed by atoms with E-state index in [-0.39, 0.29) is 16.7 Å². The van der Waals surface area contributed by atoms with Crippen molar-refractivity contribution >= 4 is 21.5 Å². The average Bonchev–Trinajstić information content (AvgIpc) is 2.76. The molecule has 0 unspecified atom stereocenters. The Balaban J connectivity index is 2.24. The molecule has 0 fully saturated rings. The van der Waals surface area contributed by atoms with Crippen LogP contribution in [-0.4, -0.2) is 20.7 Å². The minimum absolute atomic E-state index is 0.0451. The van der Waals surface area contributed by atoms with Crippen molar-refractivity contribution in [2.45, 2.75) is 4.90 Å². The summed E-state index contributed by atoms with van der Waals surface area (Å²) in [6.07, 6.45) is 0. The number of methoxy groups -OCH3 is 1. The highest BCUT2D eigenvalue weighted by Crippen LogP contribution is 2.20. The molecule has 1 heterocycles. The summed E-state index contributed by atoms with van der Waals surface area (Å²) in [5, 5.41) is 3.50. The van der Waals surface area contributed by atoms with Crippen molar-refractivity contribution in [2.75, 3.05) is 17.6 Å². The van der Waals surface area contributed by atoms with Crippen LogP contribution in [0.3, 0.4) is 0 Å². The number of anilines is 2. The Labute approximate surface area is 104 Å². The summed E-state index contributed by atoms with van der Waals surface area (Å²) in [6.45, 7) is 0. The first-order chi connectivity index (χ1) is 8.51. The summed E-state index contributed by atoms with van der Waals surface area (Å²) in [6, 6.07) is 7.12. The molecule has 0 atom stereocenters. The minimum atomic E-state index is -3.71. The van der Waals surface area contributed by atoms with Crippen LogP contribution in [0.5, 0.6) is 5.95 Å². The number of nitrogens with one attached hydrogen (secondary N) is 1. The average molecular weight is 269 g/mol. The molecule has 0 aliphatic heterocycles. The van der Waals surface area contributed by atoms with Gasteiger partial charge in [0.25, 0.3) is 10.0 Å². The monoisotopic (exact) mass is 269 g/mol. The van der Waals surface area contributed by atoms with E-state index in [1.807, 2.05) is 0 Å². The second kappa shape index (κ2) is 4.57. The smallest absolute Gasteiger partial charge is 0.313 e. The second-order valence-electron chi connectivity index (χ2n) is 3.41. The van der Waals surface area contributed by atoms with Crippen LogP contribution in [0.4, 0.5) is 11.5 Å². The Hall–Kier alpha value is -2.22. The van der Waals surface area contributed by atoms with Gasteiger partial charge in [0.1, 0.15) is 0 Å². The van der Waals surface area contributed by atoms with Gasteiger partial charge in [-0.2, -0.15) is 0 Å². The number of ether oxygens (including phenoxy) is 1. The molecule has 7 nitrogen and oxygen atoms in total. The van der Waals surface area contributed by atoms with Gasteiger partial charge in [-0.25, -0.2) is 8.42 Å². The molecule has 0 bridgehead atoms. The van der Waals surface area contributed by atoms with Crippen LogP contribution in [-0.2, 0) is 10.0 Å². The normalized spacial score (nSPS) is 11.2. The van der Waals surface area contributed by atoms with Crippen molar-refractivity contribution in [1.82, 2.24) is 5.16 Å². The summed E-state index contributed by atoms with van der Waals surface area (Å²) in [5.41, 5.74) is 5.97.